The van der Waals surface area contributed by atoms with Crippen LogP contribution >= 0.6 is 11.8 Å². The van der Waals surface area contributed by atoms with Gasteiger partial charge < -0.3 is 9.73 Å². The Morgan fingerprint density at radius 3 is 2.39 bits per heavy atom. The lowest BCUT2D eigenvalue weighted by atomic mass is 10.1. The van der Waals surface area contributed by atoms with Crippen molar-refractivity contribution in [3.8, 4) is 0 Å². The van der Waals surface area contributed by atoms with E-state index in [9.17, 15) is 19.2 Å². The third-order valence-corrected chi connectivity index (χ3v) is 5.90. The summed E-state index contributed by atoms with van der Waals surface area (Å²) in [5.74, 6) is -0.820. The van der Waals surface area contributed by atoms with Gasteiger partial charge in [0.15, 0.2) is 0 Å². The molecule has 0 unspecified atom stereocenters. The molecule has 3 amide bonds. The SMILES string of the molecule is CSCC[C@H](C(=O)Nc1ccc2c(C)cc(=O)oc2c1)N1C(=O)c2ccccc2C1=O. The molecule has 0 aliphatic carbocycles. The van der Waals surface area contributed by atoms with Crippen LogP contribution < -0.4 is 10.9 Å². The van der Waals surface area contributed by atoms with Gasteiger partial charge in [-0.25, -0.2) is 4.79 Å². The predicted molar refractivity (Wildman–Crippen MR) is 120 cm³/mol. The van der Waals surface area contributed by atoms with Crippen molar-refractivity contribution in [1.29, 1.82) is 0 Å². The van der Waals surface area contributed by atoms with Gasteiger partial charge in [0, 0.05) is 23.2 Å². The van der Waals surface area contributed by atoms with Gasteiger partial charge in [-0.3, -0.25) is 19.3 Å². The number of imide groups is 1. The molecular weight excluding hydrogens is 416 g/mol. The number of carbonyl (C=O) groups is 3. The summed E-state index contributed by atoms with van der Waals surface area (Å²) in [6, 6.07) is 12.0. The Morgan fingerprint density at radius 1 is 1.06 bits per heavy atom. The molecule has 2 heterocycles. The number of aryl methyl sites for hydroxylation is 1. The van der Waals surface area contributed by atoms with Crippen molar-refractivity contribution in [2.24, 2.45) is 0 Å². The zero-order valence-electron chi connectivity index (χ0n) is 17.0. The molecule has 31 heavy (non-hydrogen) atoms. The van der Waals surface area contributed by atoms with E-state index in [-0.39, 0.29) is 0 Å². The molecule has 158 valence electrons. The Kier molecular flexibility index (Phi) is 5.65. The van der Waals surface area contributed by atoms with Gasteiger partial charge in [-0.2, -0.15) is 11.8 Å². The summed E-state index contributed by atoms with van der Waals surface area (Å²) in [5, 5.41) is 3.53. The van der Waals surface area contributed by atoms with Crippen LogP contribution in [0.3, 0.4) is 0 Å². The van der Waals surface area contributed by atoms with Gasteiger partial charge in [0.25, 0.3) is 11.8 Å². The minimum Gasteiger partial charge on any atom is -0.423 e. The molecule has 1 aliphatic rings. The first kappa shape index (κ1) is 20.9. The van der Waals surface area contributed by atoms with Gasteiger partial charge in [0.05, 0.1) is 11.1 Å². The molecule has 1 aliphatic heterocycles. The van der Waals surface area contributed by atoms with Crippen molar-refractivity contribution in [3.05, 3.63) is 75.6 Å². The highest BCUT2D eigenvalue weighted by atomic mass is 32.2. The first-order chi connectivity index (χ1) is 14.9. The highest BCUT2D eigenvalue weighted by molar-refractivity contribution is 7.98. The fourth-order valence-corrected chi connectivity index (χ4v) is 4.19. The van der Waals surface area contributed by atoms with E-state index in [2.05, 4.69) is 5.32 Å². The molecular formula is C23H20N2O5S. The van der Waals surface area contributed by atoms with Gasteiger partial charge in [-0.15, -0.1) is 0 Å². The Hall–Kier alpha value is -3.39. The molecule has 0 spiro atoms. The quantitative estimate of drug-likeness (QED) is 0.470. The van der Waals surface area contributed by atoms with Crippen LogP contribution in [-0.4, -0.2) is 40.7 Å². The molecule has 0 saturated carbocycles. The maximum Gasteiger partial charge on any atom is 0.336 e. The second kappa shape index (κ2) is 8.39. The number of nitrogens with one attached hydrogen (secondary N) is 1. The second-order valence-electron chi connectivity index (χ2n) is 7.27. The van der Waals surface area contributed by atoms with Crippen LogP contribution in [0.15, 0.2) is 57.7 Å². The summed E-state index contributed by atoms with van der Waals surface area (Å²) >= 11 is 1.52. The molecule has 0 saturated heterocycles. The highest BCUT2D eigenvalue weighted by Gasteiger charge is 2.42. The Labute approximate surface area is 182 Å². The molecule has 0 radical (unpaired) electrons. The van der Waals surface area contributed by atoms with Gasteiger partial charge in [0.2, 0.25) is 5.91 Å². The number of rotatable bonds is 6. The molecule has 7 nitrogen and oxygen atoms in total. The largest absolute Gasteiger partial charge is 0.423 e. The summed E-state index contributed by atoms with van der Waals surface area (Å²) in [6.45, 7) is 1.80. The normalized spacial score (nSPS) is 14.1. The summed E-state index contributed by atoms with van der Waals surface area (Å²) in [4.78, 5) is 51.7. The van der Waals surface area contributed by atoms with Crippen molar-refractivity contribution in [2.75, 3.05) is 17.3 Å². The van der Waals surface area contributed by atoms with Crippen LogP contribution in [0.5, 0.6) is 0 Å². The molecule has 2 aromatic carbocycles. The summed E-state index contributed by atoms with van der Waals surface area (Å²) in [6.07, 6.45) is 2.21. The van der Waals surface area contributed by atoms with Crippen LogP contribution in [-0.2, 0) is 4.79 Å². The molecule has 4 rings (SSSR count). The summed E-state index contributed by atoms with van der Waals surface area (Å²) < 4.78 is 5.24. The summed E-state index contributed by atoms with van der Waals surface area (Å²) in [5.41, 5.74) is 1.67. The Bertz CT molecular complexity index is 1230. The molecule has 0 bridgehead atoms. The number of nitrogens with zero attached hydrogens (tertiary/aromatic N) is 1. The zero-order valence-corrected chi connectivity index (χ0v) is 17.8. The fraction of sp³-hybridized carbons (Fsp3) is 0.217. The summed E-state index contributed by atoms with van der Waals surface area (Å²) in [7, 11) is 0. The number of carbonyl (C=O) groups excluding carboxylic acids is 3. The van der Waals surface area contributed by atoms with E-state index in [1.807, 2.05) is 6.26 Å². The average Bonchev–Trinajstić information content (AvgIpc) is 2.99. The first-order valence-electron chi connectivity index (χ1n) is 9.72. The third-order valence-electron chi connectivity index (χ3n) is 5.25. The maximum absolute atomic E-state index is 13.2. The molecule has 8 heteroatoms. The monoisotopic (exact) mass is 436 g/mol. The lowest BCUT2D eigenvalue weighted by Gasteiger charge is -2.25. The first-order valence-corrected chi connectivity index (χ1v) is 11.1. The highest BCUT2D eigenvalue weighted by Crippen LogP contribution is 2.27. The number of hydrogen-bond donors (Lipinski definition) is 1. The standard InChI is InChI=1S/C23H20N2O5S/c1-13-11-20(26)30-19-12-14(7-8-15(13)19)24-21(27)18(9-10-31-2)25-22(28)16-5-3-4-6-17(16)23(25)29/h3-8,11-12,18H,9-10H2,1-2H3,(H,24,27)/t18-/m1/s1. The lowest BCUT2D eigenvalue weighted by Crippen LogP contribution is -2.47. The number of amides is 3. The van der Waals surface area contributed by atoms with E-state index in [4.69, 9.17) is 4.42 Å². The topological polar surface area (TPSA) is 96.7 Å². The van der Waals surface area contributed by atoms with Gasteiger partial charge in [-0.05, 0) is 55.2 Å². The van der Waals surface area contributed by atoms with E-state index in [1.54, 1.807) is 49.4 Å². The molecule has 0 fully saturated rings. The minimum absolute atomic E-state index is 0.303. The average molecular weight is 436 g/mol. The van der Waals surface area contributed by atoms with Crippen molar-refractivity contribution in [2.45, 2.75) is 19.4 Å². The van der Waals surface area contributed by atoms with Crippen molar-refractivity contribution < 1.29 is 18.8 Å². The van der Waals surface area contributed by atoms with E-state index >= 15 is 0 Å². The molecule has 1 atom stereocenters. The molecule has 3 aromatic rings. The van der Waals surface area contributed by atoms with Gasteiger partial charge >= 0.3 is 5.63 Å². The Balaban J connectivity index is 1.64. The number of hydrogen-bond acceptors (Lipinski definition) is 6. The van der Waals surface area contributed by atoms with Crippen LogP contribution in [0.4, 0.5) is 5.69 Å². The lowest BCUT2D eigenvalue weighted by molar-refractivity contribution is -0.120. The second-order valence-corrected chi connectivity index (χ2v) is 8.26. The number of thioether (sulfide) groups is 1. The Morgan fingerprint density at radius 2 is 1.74 bits per heavy atom. The van der Waals surface area contributed by atoms with Crippen LogP contribution in [0.1, 0.15) is 32.7 Å². The van der Waals surface area contributed by atoms with Gasteiger partial charge in [-0.1, -0.05) is 12.1 Å². The predicted octanol–water partition coefficient (Wildman–Crippen LogP) is 3.46. The van der Waals surface area contributed by atoms with Crippen LogP contribution in [0, 0.1) is 6.92 Å². The van der Waals surface area contributed by atoms with Crippen LogP contribution in [0.2, 0.25) is 0 Å². The van der Waals surface area contributed by atoms with Gasteiger partial charge in [0.1, 0.15) is 11.6 Å². The van der Waals surface area contributed by atoms with Crippen LogP contribution in [0.25, 0.3) is 11.0 Å². The van der Waals surface area contributed by atoms with E-state index in [0.29, 0.717) is 34.6 Å². The maximum atomic E-state index is 13.2. The number of benzene rings is 2. The number of fused-ring (bicyclic) bond motifs is 2. The van der Waals surface area contributed by atoms with Crippen molar-refractivity contribution in [1.82, 2.24) is 4.90 Å². The van der Waals surface area contributed by atoms with E-state index < -0.39 is 29.4 Å². The molecule has 1 N–H and O–H groups in total. The third kappa shape index (κ3) is 3.86. The number of anilines is 1. The van der Waals surface area contributed by atoms with E-state index in [1.165, 1.54) is 17.8 Å². The zero-order chi connectivity index (χ0) is 22.1. The van der Waals surface area contributed by atoms with E-state index in [0.717, 1.165) is 15.8 Å². The fourth-order valence-electron chi connectivity index (χ4n) is 3.73. The smallest absolute Gasteiger partial charge is 0.336 e. The molecule has 1 aromatic heterocycles. The van der Waals surface area contributed by atoms with Crippen molar-refractivity contribution >= 4 is 46.1 Å². The van der Waals surface area contributed by atoms with Crippen molar-refractivity contribution in [3.63, 3.8) is 0 Å². The minimum atomic E-state index is -0.958.